The molecular weight excluding hydrogens is 489 g/mol. The maximum atomic E-state index is 13.4. The predicted octanol–water partition coefficient (Wildman–Crippen LogP) is 4.96. The molecule has 36 heavy (non-hydrogen) atoms. The number of carbonyl (C=O) groups excluding carboxylic acids is 1. The van der Waals surface area contributed by atoms with Crippen LogP contribution in [0.1, 0.15) is 33.9 Å². The van der Waals surface area contributed by atoms with Gasteiger partial charge in [0, 0.05) is 11.1 Å². The largest absolute Gasteiger partial charge is 0.493 e. The van der Waals surface area contributed by atoms with Crippen LogP contribution in [0, 0.1) is 5.82 Å². The first-order valence-electron chi connectivity index (χ1n) is 11.1. The van der Waals surface area contributed by atoms with Crippen molar-refractivity contribution in [2.24, 2.45) is 0 Å². The Morgan fingerprint density at radius 1 is 0.944 bits per heavy atom. The Labute approximate surface area is 212 Å². The van der Waals surface area contributed by atoms with Gasteiger partial charge in [0.15, 0.2) is 17.2 Å². The molecule has 1 N–H and O–H groups in total. The number of hydrogen-bond donors (Lipinski definition) is 1. The van der Waals surface area contributed by atoms with Gasteiger partial charge in [-0.15, -0.1) is 0 Å². The summed E-state index contributed by atoms with van der Waals surface area (Å²) in [5.41, 5.74) is 2.47. The zero-order valence-corrected chi connectivity index (χ0v) is 21.0. The number of amides is 1. The third kappa shape index (κ3) is 4.44. The van der Waals surface area contributed by atoms with E-state index in [-0.39, 0.29) is 11.2 Å². The Bertz CT molecular complexity index is 1380. The lowest BCUT2D eigenvalue weighted by molar-refractivity contribution is 0.0935. The minimum absolute atomic E-state index is 0.138. The van der Waals surface area contributed by atoms with Crippen LogP contribution in [0.2, 0.25) is 5.02 Å². The summed E-state index contributed by atoms with van der Waals surface area (Å²) in [6.07, 6.45) is 0.847. The van der Waals surface area contributed by atoms with Crippen LogP contribution in [0.25, 0.3) is 11.1 Å². The van der Waals surface area contributed by atoms with Crippen molar-refractivity contribution >= 4 is 17.5 Å². The molecule has 0 saturated heterocycles. The second kappa shape index (κ2) is 10.5. The van der Waals surface area contributed by atoms with E-state index in [1.54, 1.807) is 12.1 Å². The zero-order valence-electron chi connectivity index (χ0n) is 20.2. The van der Waals surface area contributed by atoms with Gasteiger partial charge in [0.05, 0.1) is 39.5 Å². The lowest BCUT2D eigenvalue weighted by Gasteiger charge is -2.21. The van der Waals surface area contributed by atoms with Crippen molar-refractivity contribution in [2.45, 2.75) is 18.9 Å². The van der Waals surface area contributed by atoms with Gasteiger partial charge in [0.1, 0.15) is 5.82 Å². The highest BCUT2D eigenvalue weighted by atomic mass is 35.5. The molecule has 188 valence electrons. The molecule has 4 rings (SSSR count). The minimum atomic E-state index is -0.576. The van der Waals surface area contributed by atoms with Gasteiger partial charge < -0.3 is 24.3 Å². The fourth-order valence-electron chi connectivity index (χ4n) is 4.53. The first-order valence-corrected chi connectivity index (χ1v) is 11.5. The number of halogens is 2. The Morgan fingerprint density at radius 2 is 1.61 bits per heavy atom. The summed E-state index contributed by atoms with van der Waals surface area (Å²) < 4.78 is 35.5. The Balaban J connectivity index is 1.97. The third-order valence-corrected chi connectivity index (χ3v) is 6.62. The number of ether oxygens (including phenoxy) is 4. The van der Waals surface area contributed by atoms with Crippen LogP contribution in [-0.2, 0) is 6.42 Å². The van der Waals surface area contributed by atoms with Crippen molar-refractivity contribution < 1.29 is 28.1 Å². The topological polar surface area (TPSA) is 83.1 Å². The van der Waals surface area contributed by atoms with E-state index in [9.17, 15) is 14.0 Å². The summed E-state index contributed by atoms with van der Waals surface area (Å²) in [5.74, 6) is 0.311. The molecule has 3 aromatic carbocycles. The third-order valence-electron chi connectivity index (χ3n) is 6.22. The summed E-state index contributed by atoms with van der Waals surface area (Å²) in [5, 5.41) is 3.34. The highest BCUT2D eigenvalue weighted by Crippen LogP contribution is 2.54. The fraction of sp³-hybridized carbons (Fsp3) is 0.259. The van der Waals surface area contributed by atoms with Crippen LogP contribution in [0.4, 0.5) is 4.39 Å². The molecule has 0 fully saturated rings. The SMILES string of the molecule is COc1c(Cl)c2c(c(OC)c1OC)-c1ccc(OC)c(=O)cc1[C@@H](NC(=O)c1ccc(F)cc1)CC2. The standard InChI is InChI=1S/C27H25ClFNO6/c1-33-21-12-10-16-18(13-20(21)31)19(30-27(32)14-5-7-15(29)8-6-14)11-9-17-22(16)24(34-2)26(36-4)25(35-3)23(17)28/h5-8,10,12-13,19H,9,11H2,1-4H3,(H,30,32)/t19-/m0/s1. The number of rotatable bonds is 6. The van der Waals surface area contributed by atoms with E-state index < -0.39 is 17.8 Å². The van der Waals surface area contributed by atoms with E-state index in [2.05, 4.69) is 5.32 Å². The normalized spacial score (nSPS) is 14.1. The Hall–Kier alpha value is -3.78. The maximum absolute atomic E-state index is 13.4. The van der Waals surface area contributed by atoms with E-state index in [0.717, 1.165) is 5.56 Å². The summed E-state index contributed by atoms with van der Waals surface area (Å²) >= 11 is 6.80. The lowest BCUT2D eigenvalue weighted by Crippen LogP contribution is -2.29. The van der Waals surface area contributed by atoms with Crippen molar-refractivity contribution in [3.63, 3.8) is 0 Å². The van der Waals surface area contributed by atoms with E-state index in [4.69, 9.17) is 30.5 Å². The Morgan fingerprint density at radius 3 is 2.22 bits per heavy atom. The van der Waals surface area contributed by atoms with Gasteiger partial charge >= 0.3 is 0 Å². The van der Waals surface area contributed by atoms with Crippen LogP contribution in [0.15, 0.2) is 47.3 Å². The van der Waals surface area contributed by atoms with Crippen LogP contribution in [0.5, 0.6) is 23.0 Å². The molecule has 0 radical (unpaired) electrons. The molecule has 0 saturated carbocycles. The molecule has 3 aromatic rings. The molecule has 0 aliphatic heterocycles. The van der Waals surface area contributed by atoms with Gasteiger partial charge in [-0.3, -0.25) is 9.59 Å². The number of fused-ring (bicyclic) bond motifs is 3. The van der Waals surface area contributed by atoms with Crippen LogP contribution in [-0.4, -0.2) is 34.3 Å². The van der Waals surface area contributed by atoms with Crippen molar-refractivity contribution in [1.29, 1.82) is 0 Å². The summed E-state index contributed by atoms with van der Waals surface area (Å²) in [7, 11) is 5.89. The van der Waals surface area contributed by atoms with E-state index in [1.165, 1.54) is 58.8 Å². The highest BCUT2D eigenvalue weighted by molar-refractivity contribution is 6.34. The quantitative estimate of drug-likeness (QED) is 0.502. The average Bonchev–Trinajstić information content (AvgIpc) is 3.13. The van der Waals surface area contributed by atoms with Gasteiger partial charge in [-0.25, -0.2) is 4.39 Å². The van der Waals surface area contributed by atoms with E-state index >= 15 is 0 Å². The number of hydrogen-bond acceptors (Lipinski definition) is 6. The number of methoxy groups -OCH3 is 4. The molecule has 0 unspecified atom stereocenters. The van der Waals surface area contributed by atoms with Gasteiger partial charge in [-0.1, -0.05) is 17.7 Å². The lowest BCUT2D eigenvalue weighted by atomic mass is 9.95. The van der Waals surface area contributed by atoms with Gasteiger partial charge in [0.2, 0.25) is 11.2 Å². The molecule has 0 bridgehead atoms. The summed E-state index contributed by atoms with van der Waals surface area (Å²) in [6, 6.07) is 9.42. The summed E-state index contributed by atoms with van der Waals surface area (Å²) in [4.78, 5) is 26.0. The monoisotopic (exact) mass is 513 g/mol. The molecule has 7 nitrogen and oxygen atoms in total. The first kappa shape index (κ1) is 25.3. The van der Waals surface area contributed by atoms with E-state index in [1.807, 2.05) is 0 Å². The molecule has 0 spiro atoms. The highest BCUT2D eigenvalue weighted by Gasteiger charge is 2.32. The molecule has 1 amide bonds. The number of carbonyl (C=O) groups is 1. The zero-order chi connectivity index (χ0) is 26.0. The van der Waals surface area contributed by atoms with E-state index in [0.29, 0.717) is 57.4 Å². The number of nitrogens with one attached hydrogen (secondary N) is 1. The van der Waals surface area contributed by atoms with Crippen molar-refractivity contribution in [3.8, 4) is 34.1 Å². The maximum Gasteiger partial charge on any atom is 0.251 e. The van der Waals surface area contributed by atoms with Crippen LogP contribution >= 0.6 is 11.6 Å². The van der Waals surface area contributed by atoms with Gasteiger partial charge in [-0.2, -0.15) is 0 Å². The second-order valence-electron chi connectivity index (χ2n) is 8.12. The average molecular weight is 514 g/mol. The van der Waals surface area contributed by atoms with Gasteiger partial charge in [0.25, 0.3) is 5.91 Å². The molecule has 0 heterocycles. The molecule has 1 aliphatic rings. The second-order valence-corrected chi connectivity index (χ2v) is 8.50. The van der Waals surface area contributed by atoms with Crippen LogP contribution in [0.3, 0.4) is 0 Å². The van der Waals surface area contributed by atoms with Gasteiger partial charge in [-0.05, 0) is 65.9 Å². The summed E-state index contributed by atoms with van der Waals surface area (Å²) in [6.45, 7) is 0. The van der Waals surface area contributed by atoms with Crippen molar-refractivity contribution in [1.82, 2.24) is 5.32 Å². The first-order chi connectivity index (χ1) is 17.3. The fourth-order valence-corrected chi connectivity index (χ4v) is 4.88. The molecular formula is C27H25ClFNO6. The smallest absolute Gasteiger partial charge is 0.251 e. The molecule has 1 atom stereocenters. The number of benzene rings is 2. The molecule has 1 aliphatic carbocycles. The van der Waals surface area contributed by atoms with Crippen molar-refractivity contribution in [3.05, 3.63) is 80.2 Å². The molecule has 9 heteroatoms. The minimum Gasteiger partial charge on any atom is -0.493 e. The molecule has 0 aromatic heterocycles. The van der Waals surface area contributed by atoms with Crippen LogP contribution < -0.4 is 29.7 Å². The van der Waals surface area contributed by atoms with Crippen molar-refractivity contribution in [2.75, 3.05) is 28.4 Å². The predicted molar refractivity (Wildman–Crippen MR) is 134 cm³/mol. The Kier molecular flexibility index (Phi) is 7.35.